The number of carbonyl (C=O) groups is 3. The molecule has 3 aliphatic carbocycles. The molecule has 0 fully saturated rings. The quantitative estimate of drug-likeness (QED) is 0.341. The number of hydrogen-bond acceptors (Lipinski definition) is 9. The molecule has 5 rings (SSSR count). The molecular weight excluding hydrogens is 533 g/mol. The molecule has 0 bridgehead atoms. The third kappa shape index (κ3) is 4.14. The number of primary amides is 1. The van der Waals surface area contributed by atoms with Crippen LogP contribution in [0.1, 0.15) is 27.9 Å². The third-order valence-corrected chi connectivity index (χ3v) is 8.45. The molecule has 3 aliphatic rings. The first kappa shape index (κ1) is 28.5. The summed E-state index contributed by atoms with van der Waals surface area (Å²) >= 11 is 0. The predicted molar refractivity (Wildman–Crippen MR) is 146 cm³/mol. The van der Waals surface area contributed by atoms with E-state index in [0.29, 0.717) is 28.8 Å². The number of halogens is 1. The predicted octanol–water partition coefficient (Wildman–Crippen LogP) is 1.99. The molecule has 1 amide bonds. The average molecular weight is 566 g/mol. The first-order valence-electron chi connectivity index (χ1n) is 13.1. The molecule has 4 atom stereocenters. The lowest BCUT2D eigenvalue weighted by atomic mass is 9.58. The van der Waals surface area contributed by atoms with Crippen LogP contribution in [0.15, 0.2) is 53.0 Å². The summed E-state index contributed by atoms with van der Waals surface area (Å²) in [7, 11) is 6.77. The smallest absolute Gasteiger partial charge is 0.255 e. The Balaban J connectivity index is 1.69. The van der Waals surface area contributed by atoms with Crippen molar-refractivity contribution in [1.82, 2.24) is 9.80 Å². The van der Waals surface area contributed by atoms with Gasteiger partial charge in [0.15, 0.2) is 11.4 Å². The van der Waals surface area contributed by atoms with E-state index >= 15 is 0 Å². The van der Waals surface area contributed by atoms with Crippen LogP contribution in [0.4, 0.5) is 4.39 Å². The molecular formula is C30H32FN3O7. The molecule has 2 aromatic carbocycles. The van der Waals surface area contributed by atoms with Crippen molar-refractivity contribution in [1.29, 1.82) is 0 Å². The van der Waals surface area contributed by atoms with E-state index in [2.05, 4.69) is 0 Å². The number of likely N-dealkylation sites (N-methyl/N-ethyl adjacent to an activating group) is 1. The molecule has 10 nitrogen and oxygen atoms in total. The van der Waals surface area contributed by atoms with Crippen molar-refractivity contribution in [2.45, 2.75) is 31.0 Å². The Bertz CT molecular complexity index is 1580. The van der Waals surface area contributed by atoms with Crippen molar-refractivity contribution < 1.29 is 39.2 Å². The Morgan fingerprint density at radius 2 is 1.78 bits per heavy atom. The zero-order valence-corrected chi connectivity index (χ0v) is 23.1. The summed E-state index contributed by atoms with van der Waals surface area (Å²) in [6.07, 6.45) is 0.120. The molecule has 0 saturated heterocycles. The molecule has 216 valence electrons. The van der Waals surface area contributed by atoms with Crippen molar-refractivity contribution in [3.63, 3.8) is 0 Å². The van der Waals surface area contributed by atoms with Crippen molar-refractivity contribution in [2.24, 2.45) is 17.6 Å². The molecule has 0 saturated carbocycles. The number of benzene rings is 2. The lowest BCUT2D eigenvalue weighted by Gasteiger charge is -2.50. The van der Waals surface area contributed by atoms with Gasteiger partial charge >= 0.3 is 0 Å². The van der Waals surface area contributed by atoms with Crippen LogP contribution in [-0.4, -0.2) is 87.5 Å². The number of carbonyl (C=O) groups excluding carboxylic acids is 3. The maximum absolute atomic E-state index is 14.5. The van der Waals surface area contributed by atoms with Crippen molar-refractivity contribution in [3.05, 3.63) is 75.5 Å². The molecule has 41 heavy (non-hydrogen) atoms. The molecule has 2 aromatic rings. The number of allylic oxidation sites excluding steroid dienone is 1. The zero-order chi connectivity index (χ0) is 30.1. The summed E-state index contributed by atoms with van der Waals surface area (Å²) in [6, 6.07) is 6.52. The van der Waals surface area contributed by atoms with Gasteiger partial charge in [0.1, 0.15) is 28.7 Å². The largest absolute Gasteiger partial charge is 0.510 e. The lowest BCUT2D eigenvalue weighted by molar-refractivity contribution is -0.148. The third-order valence-electron chi connectivity index (χ3n) is 8.45. The van der Waals surface area contributed by atoms with Crippen LogP contribution in [0.5, 0.6) is 5.75 Å². The van der Waals surface area contributed by atoms with E-state index in [1.807, 2.05) is 19.0 Å². The van der Waals surface area contributed by atoms with Crippen LogP contribution >= 0.6 is 0 Å². The number of rotatable bonds is 5. The van der Waals surface area contributed by atoms with E-state index in [0.717, 1.165) is 0 Å². The first-order valence-corrected chi connectivity index (χ1v) is 13.1. The fourth-order valence-corrected chi connectivity index (χ4v) is 6.73. The Morgan fingerprint density at radius 1 is 1.10 bits per heavy atom. The Labute approximate surface area is 235 Å². The van der Waals surface area contributed by atoms with Crippen LogP contribution in [0, 0.1) is 17.7 Å². The number of aromatic hydroxyl groups is 1. The van der Waals surface area contributed by atoms with E-state index < -0.39 is 58.0 Å². The molecule has 0 aromatic heterocycles. The highest BCUT2D eigenvalue weighted by Crippen LogP contribution is 2.53. The number of fused-ring (bicyclic) bond motifs is 3. The molecule has 0 unspecified atom stereocenters. The van der Waals surface area contributed by atoms with E-state index in [4.69, 9.17) is 5.73 Å². The van der Waals surface area contributed by atoms with Gasteiger partial charge in [-0.3, -0.25) is 19.3 Å². The maximum atomic E-state index is 14.5. The van der Waals surface area contributed by atoms with E-state index in [9.17, 15) is 39.2 Å². The summed E-state index contributed by atoms with van der Waals surface area (Å²) in [5, 5.41) is 44.8. The van der Waals surface area contributed by atoms with Crippen LogP contribution < -0.4 is 5.73 Å². The normalized spacial score (nSPS) is 25.9. The Morgan fingerprint density at radius 3 is 2.39 bits per heavy atom. The minimum absolute atomic E-state index is 0.0177. The fourth-order valence-electron chi connectivity index (χ4n) is 6.73. The number of ketones is 2. The topological polar surface area (TPSA) is 165 Å². The molecule has 6 N–H and O–H groups in total. The van der Waals surface area contributed by atoms with Crippen LogP contribution in [0.25, 0.3) is 11.1 Å². The van der Waals surface area contributed by atoms with Gasteiger partial charge in [-0.05, 0) is 81.8 Å². The Hall–Kier alpha value is -4.06. The van der Waals surface area contributed by atoms with Crippen LogP contribution in [0.2, 0.25) is 0 Å². The number of Topliss-reactive ketones (excluding diaryl/α,β-unsaturated/α-hetero) is 2. The molecule has 11 heteroatoms. The molecule has 0 radical (unpaired) electrons. The highest BCUT2D eigenvalue weighted by molar-refractivity contribution is 6.24. The number of aliphatic hydroxyl groups excluding tert-OH is 2. The minimum atomic E-state index is -2.70. The van der Waals surface area contributed by atoms with Gasteiger partial charge in [0.2, 0.25) is 5.78 Å². The van der Waals surface area contributed by atoms with Crippen LogP contribution in [0.3, 0.4) is 0 Å². The first-order chi connectivity index (χ1) is 19.2. The number of aliphatic hydroxyl groups is 3. The number of hydrogen-bond donors (Lipinski definition) is 5. The minimum Gasteiger partial charge on any atom is -0.510 e. The van der Waals surface area contributed by atoms with Gasteiger partial charge in [0, 0.05) is 23.6 Å². The standard InChI is InChI=1S/C30H32FN3O7/c1-33(2)12-15-9-13(5-7-19(15)31)16-6-8-20(35)22-17(16)10-14-11-18-24(34(3)4)26(37)23(29(32)40)28(39)30(18,41)27(38)21(14)25(22)36/h5-9,14,18,24,35,37-38,41H,10-12H2,1-4H3,(H2,32,40)/t14-,18-,24-,30-/m0/s1. The summed E-state index contributed by atoms with van der Waals surface area (Å²) in [6.45, 7) is 0.340. The van der Waals surface area contributed by atoms with Crippen molar-refractivity contribution in [2.75, 3.05) is 28.2 Å². The fraction of sp³-hybridized carbons (Fsp3) is 0.367. The molecule has 0 heterocycles. The number of nitrogens with zero attached hydrogens (tertiary/aromatic N) is 2. The summed E-state index contributed by atoms with van der Waals surface area (Å²) < 4.78 is 14.5. The molecule has 0 aliphatic heterocycles. The second-order valence-corrected chi connectivity index (χ2v) is 11.5. The lowest BCUT2D eigenvalue weighted by Crippen LogP contribution is -2.63. The number of phenolic OH excluding ortho intramolecular Hbond substituents is 1. The summed E-state index contributed by atoms with van der Waals surface area (Å²) in [5.41, 5.74) is 3.63. The maximum Gasteiger partial charge on any atom is 0.255 e. The highest BCUT2D eigenvalue weighted by atomic mass is 19.1. The van der Waals surface area contributed by atoms with Gasteiger partial charge in [0.05, 0.1) is 11.6 Å². The highest BCUT2D eigenvalue weighted by Gasteiger charge is 2.63. The summed E-state index contributed by atoms with van der Waals surface area (Å²) in [5.74, 6) is -7.44. The zero-order valence-electron chi connectivity index (χ0n) is 23.1. The Kier molecular flexibility index (Phi) is 6.80. The van der Waals surface area contributed by atoms with E-state index in [1.165, 1.54) is 17.0 Å². The van der Waals surface area contributed by atoms with Gasteiger partial charge in [-0.25, -0.2) is 4.39 Å². The van der Waals surface area contributed by atoms with E-state index in [1.54, 1.807) is 32.3 Å². The van der Waals surface area contributed by atoms with Crippen molar-refractivity contribution >= 4 is 17.5 Å². The molecule has 0 spiro atoms. The number of amides is 1. The van der Waals surface area contributed by atoms with Gasteiger partial charge in [-0.1, -0.05) is 12.1 Å². The van der Waals surface area contributed by atoms with E-state index in [-0.39, 0.29) is 35.5 Å². The van der Waals surface area contributed by atoms with Gasteiger partial charge < -0.3 is 31.1 Å². The number of phenols is 1. The second-order valence-electron chi connectivity index (χ2n) is 11.5. The average Bonchev–Trinajstić information content (AvgIpc) is 2.87. The number of nitrogens with two attached hydrogens (primary N) is 1. The van der Waals surface area contributed by atoms with Gasteiger partial charge in [-0.2, -0.15) is 0 Å². The SMILES string of the molecule is CN(C)Cc1cc(-c2ccc(O)c3c2C[C@H]2C[C@H]4[C@H](N(C)C)C(O)=C(C(N)=O)C(=O)[C@@]4(O)C(O)=C2C3=O)ccc1F. The van der Waals surface area contributed by atoms with Gasteiger partial charge in [-0.15, -0.1) is 0 Å². The summed E-state index contributed by atoms with van der Waals surface area (Å²) in [4.78, 5) is 42.8. The second kappa shape index (κ2) is 9.79. The van der Waals surface area contributed by atoms with Crippen LogP contribution in [-0.2, 0) is 22.6 Å². The monoisotopic (exact) mass is 565 g/mol. The van der Waals surface area contributed by atoms with Gasteiger partial charge in [0.25, 0.3) is 5.91 Å². The van der Waals surface area contributed by atoms with Crippen molar-refractivity contribution in [3.8, 4) is 16.9 Å².